The fourth-order valence-corrected chi connectivity index (χ4v) is 14.5. The fraction of sp³-hybridized carbons (Fsp3) is 0.600. The molecular weight excluding hydrogens is 1460 g/mol. The summed E-state index contributed by atoms with van der Waals surface area (Å²) >= 11 is 0. The Kier molecular flexibility index (Phi) is 35.7. The Bertz CT molecular complexity index is 3230. The molecule has 0 spiro atoms. The molecule has 0 bridgehead atoms. The van der Waals surface area contributed by atoms with Crippen LogP contribution in [0.4, 0.5) is 0 Å². The van der Waals surface area contributed by atoms with Crippen molar-refractivity contribution in [2.24, 2.45) is 20.0 Å². The zero-order chi connectivity index (χ0) is 66.1. The van der Waals surface area contributed by atoms with Crippen molar-refractivity contribution in [2.75, 3.05) is 79.5 Å². The van der Waals surface area contributed by atoms with E-state index in [1.165, 1.54) is 54.3 Å². The minimum atomic E-state index is -0.145. The number of hydrogen-bond acceptors (Lipinski definition) is 12. The van der Waals surface area contributed by atoms with Crippen molar-refractivity contribution in [1.29, 1.82) is 0 Å². The molecule has 0 amide bonds. The summed E-state index contributed by atoms with van der Waals surface area (Å²) in [5.41, 5.74) is 9.45. The third kappa shape index (κ3) is 23.5. The number of rotatable bonds is 16. The monoisotopic (exact) mass is 1580 g/mol. The Morgan fingerprint density at radius 3 is 1.18 bits per heavy atom. The number of aryl methyl sites for hydroxylation is 2. The minimum Gasteiger partial charge on any atom is -0.507 e. The molecule has 2 aliphatic carbocycles. The van der Waals surface area contributed by atoms with Crippen molar-refractivity contribution in [3.63, 3.8) is 0 Å². The van der Waals surface area contributed by atoms with Crippen LogP contribution in [0.25, 0.3) is 0 Å². The van der Waals surface area contributed by atoms with Crippen LogP contribution in [-0.2, 0) is 133 Å². The van der Waals surface area contributed by atoms with Gasteiger partial charge in [-0.1, -0.05) is 139 Å². The van der Waals surface area contributed by atoms with E-state index >= 15 is 0 Å². The molecule has 540 valence electrons. The van der Waals surface area contributed by atoms with Gasteiger partial charge in [-0.2, -0.15) is 0 Å². The Hall–Kier alpha value is -3.48. The smallest absolute Gasteiger partial charge is 0.350 e. The number of guanidine groups is 2. The molecule has 98 heavy (non-hydrogen) atoms. The van der Waals surface area contributed by atoms with Crippen molar-refractivity contribution >= 4 is 36.8 Å². The molecule has 4 atom stereocenters. The molecule has 2 saturated heterocycles. The van der Waals surface area contributed by atoms with Gasteiger partial charge in [-0.3, -0.25) is 48.7 Å². The molecule has 0 aromatic heterocycles. The van der Waals surface area contributed by atoms with E-state index in [1.54, 1.807) is 6.07 Å². The molecule has 14 nitrogen and oxygen atoms in total. The topological polar surface area (TPSA) is 149 Å². The molecule has 4 aliphatic heterocycles. The summed E-state index contributed by atoms with van der Waals surface area (Å²) in [5, 5.41) is 44.6. The average Bonchev–Trinajstić information content (AvgIpc) is 0.819. The first-order valence-electron chi connectivity index (χ1n) is 35.3. The van der Waals surface area contributed by atoms with Gasteiger partial charge in [0.2, 0.25) is 0 Å². The van der Waals surface area contributed by atoms with E-state index < -0.39 is 0 Å². The van der Waals surface area contributed by atoms with Crippen LogP contribution in [0.5, 0.6) is 23.0 Å². The largest absolute Gasteiger partial charge is 0.507 e. The Morgan fingerprint density at radius 1 is 0.429 bits per heavy atom. The van der Waals surface area contributed by atoms with Crippen LogP contribution in [0.15, 0.2) is 80.6 Å². The van der Waals surface area contributed by atoms with Gasteiger partial charge < -0.3 is 35.3 Å². The van der Waals surface area contributed by atoms with Crippen LogP contribution in [0.2, 0.25) is 0 Å². The second-order valence-electron chi connectivity index (χ2n) is 31.6. The molecule has 4 aromatic carbocycles. The Balaban J connectivity index is 0.000000481. The molecule has 4 radical (unpaired) electrons. The quantitative estimate of drug-likeness (QED) is 0.0492. The molecule has 4 aromatic rings. The summed E-state index contributed by atoms with van der Waals surface area (Å²) in [6.07, 6.45) is 24.4. The molecule has 4 fully saturated rings. The van der Waals surface area contributed by atoms with Crippen LogP contribution >= 0.6 is 0 Å². The number of phenolic OH excluding ortho intramolecular Hbond substituents is 4. The first-order chi connectivity index (χ1) is 43.6. The van der Waals surface area contributed by atoms with Gasteiger partial charge in [-0.15, -0.1) is 0 Å². The molecule has 2 saturated carbocycles. The molecule has 10 rings (SSSR count). The SMILES string of the molecule is C[N+]1=C2N(CCCc3cc(C(C)(C)C)cc(C=NC4CCCCC4N=Cc4cc(C(C)(C)C)ccc4O)c3O)CCCN2CCC1.C[N+]1=C2N(CCCc3cc(C(C)(C)C)cc(C=NC4CCCCC4N=Cc4cccc(C(C)(C)C)c4O)c3O)CCCN2CCC1.[CH3-].[CH3-].[Co].[Co].[Y].[Y]. The van der Waals surface area contributed by atoms with Crippen molar-refractivity contribution in [1.82, 2.24) is 19.6 Å². The van der Waals surface area contributed by atoms with Gasteiger partial charge in [0.15, 0.2) is 0 Å². The fourth-order valence-electron chi connectivity index (χ4n) is 14.5. The van der Waals surface area contributed by atoms with E-state index in [4.69, 9.17) is 20.0 Å². The van der Waals surface area contributed by atoms with Gasteiger partial charge in [0.05, 0.1) is 104 Å². The summed E-state index contributed by atoms with van der Waals surface area (Å²) in [5.74, 6) is 4.07. The van der Waals surface area contributed by atoms with Crippen LogP contribution < -0.4 is 0 Å². The third-order valence-corrected chi connectivity index (χ3v) is 20.1. The van der Waals surface area contributed by atoms with E-state index in [9.17, 15) is 20.4 Å². The van der Waals surface area contributed by atoms with Crippen molar-refractivity contribution in [3.05, 3.63) is 131 Å². The van der Waals surface area contributed by atoms with Crippen molar-refractivity contribution in [2.45, 2.75) is 232 Å². The van der Waals surface area contributed by atoms with Crippen LogP contribution in [0.3, 0.4) is 0 Å². The van der Waals surface area contributed by atoms with E-state index in [1.807, 2.05) is 55.2 Å². The zero-order valence-corrected chi connectivity index (χ0v) is 70.6. The second-order valence-corrected chi connectivity index (χ2v) is 31.6. The summed E-state index contributed by atoms with van der Waals surface area (Å²) in [6.45, 7) is 37.4. The molecule has 18 heteroatoms. The summed E-state index contributed by atoms with van der Waals surface area (Å²) in [6, 6.07) is 20.6. The Labute approximate surface area is 663 Å². The Morgan fingerprint density at radius 2 is 0.796 bits per heavy atom. The van der Waals surface area contributed by atoms with Gasteiger partial charge in [0, 0.05) is 172 Å². The minimum absolute atomic E-state index is 0. The predicted octanol–water partition coefficient (Wildman–Crippen LogP) is 14.7. The van der Waals surface area contributed by atoms with Crippen molar-refractivity contribution < 1.29 is 129 Å². The molecular formula is C80H122Co2N10O4Y2. The van der Waals surface area contributed by atoms with Crippen molar-refractivity contribution in [3.8, 4) is 23.0 Å². The number of para-hydroxylation sites is 1. The summed E-state index contributed by atoms with van der Waals surface area (Å²) < 4.78 is 4.84. The number of benzene rings is 4. The van der Waals surface area contributed by atoms with E-state index in [2.05, 4.69) is 150 Å². The van der Waals surface area contributed by atoms with Gasteiger partial charge in [0.25, 0.3) is 0 Å². The maximum absolute atomic E-state index is 11.5. The number of aromatic hydroxyl groups is 4. The molecule has 6 aliphatic rings. The van der Waals surface area contributed by atoms with Gasteiger partial charge in [0.1, 0.15) is 23.0 Å². The molecule has 4 heterocycles. The standard InChI is InChI=1S/2C39H57N5O2.2CH3.2Co.2Y/c1-38(2,3)31-24-28(15-11-20-43-22-13-23-44-21-12-19-42(7)37(43)44)35(45)30(25-31)27-41-34-18-9-8-17-33(34)40-26-29-14-10-16-32(36(29)46)39(4,5)6;1-38(2,3)31-16-17-35(45)29(24-31)26-40-33-14-8-9-15-34(33)41-27-30-25-32(39(4,5)6)23-28(36(30)46)13-10-19-43-21-12-22-44-20-11-18-42(7)37(43)44;;;;;;/h10,14,16,24-27,33-34H,8-9,11-13,15,17-23H2,1-7H3,(H-,40,41,45,46);16-17,23-27,33-34H,8-15,18-22H2,1-7H3,(H-,40,41,45,46);2*1H3;;;;/q;;2*-1;;;;/p+2. The average molecular weight is 1580 g/mol. The van der Waals surface area contributed by atoms with E-state index in [0.29, 0.717) is 17.2 Å². The predicted molar refractivity (Wildman–Crippen MR) is 396 cm³/mol. The number of aliphatic imine (C=N–C) groups is 4. The van der Waals surface area contributed by atoms with Gasteiger partial charge in [-0.05, 0) is 137 Å². The third-order valence-electron chi connectivity index (χ3n) is 20.1. The summed E-state index contributed by atoms with van der Waals surface area (Å²) in [7, 11) is 4.45. The first kappa shape index (κ1) is 88.7. The number of hydrogen-bond donors (Lipinski definition) is 4. The second kappa shape index (κ2) is 39.4. The van der Waals surface area contributed by atoms with Crippen LogP contribution in [0, 0.1) is 14.9 Å². The summed E-state index contributed by atoms with van der Waals surface area (Å²) in [4.78, 5) is 30.3. The normalized spacial score (nSPS) is 20.1. The van der Waals surface area contributed by atoms with Crippen LogP contribution in [0.1, 0.15) is 229 Å². The number of fused-ring (bicyclic) bond motifs is 2. The molecule has 4 N–H and O–H groups in total. The van der Waals surface area contributed by atoms with E-state index in [0.717, 1.165) is 181 Å². The first-order valence-corrected chi connectivity index (χ1v) is 35.3. The molecule has 4 unspecified atom stereocenters. The van der Waals surface area contributed by atoms with Gasteiger partial charge in [-0.25, -0.2) is 0 Å². The maximum Gasteiger partial charge on any atom is 0.350 e. The number of phenols is 4. The zero-order valence-electron chi connectivity index (χ0n) is 62.9. The maximum atomic E-state index is 11.5. The number of nitrogens with zero attached hydrogens (tertiary/aromatic N) is 10. The van der Waals surface area contributed by atoms with E-state index in [-0.39, 0.29) is 165 Å². The van der Waals surface area contributed by atoms with Gasteiger partial charge >= 0.3 is 11.9 Å². The van der Waals surface area contributed by atoms with Crippen LogP contribution in [-0.4, -0.2) is 190 Å².